The second-order valence-electron chi connectivity index (χ2n) is 7.32. The van der Waals surface area contributed by atoms with Gasteiger partial charge in [0.25, 0.3) is 0 Å². The zero-order chi connectivity index (χ0) is 16.2. The Morgan fingerprint density at radius 2 is 1.86 bits per heavy atom. The van der Waals surface area contributed by atoms with Crippen molar-refractivity contribution in [2.24, 2.45) is 11.3 Å². The molecule has 4 heteroatoms. The minimum atomic E-state index is -0.252. The summed E-state index contributed by atoms with van der Waals surface area (Å²) in [5.74, 6) is 0.309. The molecule has 1 atom stereocenters. The van der Waals surface area contributed by atoms with Gasteiger partial charge in [-0.15, -0.1) is 0 Å². The highest BCUT2D eigenvalue weighted by Crippen LogP contribution is 2.33. The predicted octanol–water partition coefficient (Wildman–Crippen LogP) is 3.42. The number of hydrogen-bond donors (Lipinski definition) is 2. The van der Waals surface area contributed by atoms with E-state index in [1.807, 2.05) is 0 Å². The zero-order valence-electron chi connectivity index (χ0n) is 13.8. The first kappa shape index (κ1) is 16.9. The van der Waals surface area contributed by atoms with Crippen LogP contribution in [0.5, 0.6) is 0 Å². The van der Waals surface area contributed by atoms with Crippen LogP contribution in [0.4, 0.5) is 4.39 Å². The van der Waals surface area contributed by atoms with Gasteiger partial charge in [-0.05, 0) is 55.0 Å². The Hall–Kier alpha value is -1.42. The summed E-state index contributed by atoms with van der Waals surface area (Å²) in [6, 6.07) is 6.31. The first-order valence-electron chi connectivity index (χ1n) is 8.12. The number of carbonyl (C=O) groups excluding carboxylic acids is 1. The van der Waals surface area contributed by atoms with E-state index < -0.39 is 0 Å². The van der Waals surface area contributed by atoms with Crippen LogP contribution in [0.3, 0.4) is 0 Å². The quantitative estimate of drug-likeness (QED) is 0.895. The van der Waals surface area contributed by atoms with E-state index >= 15 is 0 Å². The van der Waals surface area contributed by atoms with Crippen LogP contribution in [0.15, 0.2) is 24.3 Å². The molecule has 1 aliphatic rings. The molecule has 1 fully saturated rings. The van der Waals surface area contributed by atoms with Crippen LogP contribution in [0, 0.1) is 17.2 Å². The molecule has 0 aromatic heterocycles. The standard InChI is InChI=1S/C18H27FN2O/c1-18(2,3)17(14-4-6-15(19)7-5-14)21-16(22)12-13-8-10-20-11-9-13/h4-7,13,17,20H,8-12H2,1-3H3,(H,21,22). The predicted molar refractivity (Wildman–Crippen MR) is 86.9 cm³/mol. The maximum Gasteiger partial charge on any atom is 0.220 e. The van der Waals surface area contributed by atoms with Crippen molar-refractivity contribution in [3.05, 3.63) is 35.6 Å². The molecule has 122 valence electrons. The van der Waals surface area contributed by atoms with E-state index in [4.69, 9.17) is 0 Å². The molecule has 0 bridgehead atoms. The van der Waals surface area contributed by atoms with E-state index in [1.54, 1.807) is 12.1 Å². The van der Waals surface area contributed by atoms with Gasteiger partial charge in [0.1, 0.15) is 5.82 Å². The molecule has 0 aliphatic carbocycles. The molecule has 1 aromatic rings. The lowest BCUT2D eigenvalue weighted by atomic mass is 9.82. The minimum Gasteiger partial charge on any atom is -0.349 e. The van der Waals surface area contributed by atoms with Gasteiger partial charge in [-0.1, -0.05) is 32.9 Å². The third kappa shape index (κ3) is 4.80. The fourth-order valence-corrected chi connectivity index (χ4v) is 3.02. The number of amides is 1. The van der Waals surface area contributed by atoms with Gasteiger partial charge < -0.3 is 10.6 Å². The van der Waals surface area contributed by atoms with Crippen molar-refractivity contribution in [3.8, 4) is 0 Å². The zero-order valence-corrected chi connectivity index (χ0v) is 13.8. The van der Waals surface area contributed by atoms with Crippen LogP contribution in [0.2, 0.25) is 0 Å². The van der Waals surface area contributed by atoms with Crippen LogP contribution in [0.25, 0.3) is 0 Å². The molecule has 3 nitrogen and oxygen atoms in total. The van der Waals surface area contributed by atoms with Crippen molar-refractivity contribution >= 4 is 5.91 Å². The Labute approximate surface area is 132 Å². The van der Waals surface area contributed by atoms with Crippen molar-refractivity contribution in [2.75, 3.05) is 13.1 Å². The monoisotopic (exact) mass is 306 g/mol. The smallest absolute Gasteiger partial charge is 0.220 e. The number of carbonyl (C=O) groups is 1. The summed E-state index contributed by atoms with van der Waals surface area (Å²) in [5.41, 5.74) is 0.828. The molecule has 22 heavy (non-hydrogen) atoms. The fourth-order valence-electron chi connectivity index (χ4n) is 3.02. The van der Waals surface area contributed by atoms with Crippen molar-refractivity contribution in [2.45, 2.75) is 46.1 Å². The molecular formula is C18H27FN2O. The van der Waals surface area contributed by atoms with Crippen molar-refractivity contribution < 1.29 is 9.18 Å². The molecule has 0 saturated carbocycles. The number of hydrogen-bond acceptors (Lipinski definition) is 2. The van der Waals surface area contributed by atoms with Gasteiger partial charge in [0.05, 0.1) is 6.04 Å². The molecule has 2 rings (SSSR count). The second-order valence-corrected chi connectivity index (χ2v) is 7.32. The molecule has 2 N–H and O–H groups in total. The van der Waals surface area contributed by atoms with Gasteiger partial charge >= 0.3 is 0 Å². The van der Waals surface area contributed by atoms with Gasteiger partial charge in [0, 0.05) is 6.42 Å². The van der Waals surface area contributed by atoms with Gasteiger partial charge in [0.2, 0.25) is 5.91 Å². The highest BCUT2D eigenvalue weighted by molar-refractivity contribution is 5.76. The summed E-state index contributed by atoms with van der Waals surface area (Å²) in [6.07, 6.45) is 2.70. The largest absolute Gasteiger partial charge is 0.349 e. The lowest BCUT2D eigenvalue weighted by molar-refractivity contribution is -0.123. The molecule has 1 aliphatic heterocycles. The highest BCUT2D eigenvalue weighted by Gasteiger charge is 2.28. The van der Waals surface area contributed by atoms with Crippen molar-refractivity contribution in [3.63, 3.8) is 0 Å². The van der Waals surface area contributed by atoms with Gasteiger partial charge in [0.15, 0.2) is 0 Å². The Balaban J connectivity index is 2.03. The van der Waals surface area contributed by atoms with Crippen LogP contribution < -0.4 is 10.6 Å². The lowest BCUT2D eigenvalue weighted by Crippen LogP contribution is -2.38. The third-order valence-corrected chi connectivity index (χ3v) is 4.31. The Kier molecular flexibility index (Phi) is 5.57. The Bertz CT molecular complexity index is 487. The van der Waals surface area contributed by atoms with Crippen molar-refractivity contribution in [1.82, 2.24) is 10.6 Å². The van der Waals surface area contributed by atoms with E-state index in [0.717, 1.165) is 31.5 Å². The average Bonchev–Trinajstić information content (AvgIpc) is 2.46. The van der Waals surface area contributed by atoms with E-state index in [2.05, 4.69) is 31.4 Å². The van der Waals surface area contributed by atoms with E-state index in [0.29, 0.717) is 12.3 Å². The van der Waals surface area contributed by atoms with E-state index in [1.165, 1.54) is 12.1 Å². The first-order chi connectivity index (χ1) is 10.4. The van der Waals surface area contributed by atoms with E-state index in [9.17, 15) is 9.18 Å². The Morgan fingerprint density at radius 1 is 1.27 bits per heavy atom. The van der Waals surface area contributed by atoms with Crippen LogP contribution in [-0.4, -0.2) is 19.0 Å². The van der Waals surface area contributed by atoms with Crippen molar-refractivity contribution in [1.29, 1.82) is 0 Å². The summed E-state index contributed by atoms with van der Waals surface area (Å²) < 4.78 is 13.1. The molecule has 0 radical (unpaired) electrons. The number of piperidine rings is 1. The molecule has 0 spiro atoms. The van der Waals surface area contributed by atoms with Gasteiger partial charge in [-0.25, -0.2) is 4.39 Å². The lowest BCUT2D eigenvalue weighted by Gasteiger charge is -2.33. The molecule has 1 heterocycles. The van der Waals surface area contributed by atoms with Crippen LogP contribution in [0.1, 0.15) is 51.6 Å². The Morgan fingerprint density at radius 3 is 2.41 bits per heavy atom. The average molecular weight is 306 g/mol. The summed E-state index contributed by atoms with van der Waals surface area (Å²) in [4.78, 5) is 12.4. The van der Waals surface area contributed by atoms with Gasteiger partial charge in [-0.2, -0.15) is 0 Å². The van der Waals surface area contributed by atoms with Crippen LogP contribution >= 0.6 is 0 Å². The number of rotatable bonds is 4. The third-order valence-electron chi connectivity index (χ3n) is 4.31. The SMILES string of the molecule is CC(C)(C)C(NC(=O)CC1CCNCC1)c1ccc(F)cc1. The number of halogens is 1. The normalized spacial score (nSPS) is 18.0. The second kappa shape index (κ2) is 7.23. The maximum absolute atomic E-state index is 13.1. The summed E-state index contributed by atoms with van der Waals surface area (Å²) in [7, 11) is 0. The molecular weight excluding hydrogens is 279 g/mol. The topological polar surface area (TPSA) is 41.1 Å². The summed E-state index contributed by atoms with van der Waals surface area (Å²) in [6.45, 7) is 8.26. The van der Waals surface area contributed by atoms with Gasteiger partial charge in [-0.3, -0.25) is 4.79 Å². The maximum atomic E-state index is 13.1. The number of nitrogens with one attached hydrogen (secondary N) is 2. The summed E-state index contributed by atoms with van der Waals surface area (Å²) in [5, 5.41) is 6.48. The molecule has 1 saturated heterocycles. The summed E-state index contributed by atoms with van der Waals surface area (Å²) >= 11 is 0. The molecule has 1 amide bonds. The highest BCUT2D eigenvalue weighted by atomic mass is 19.1. The molecule has 1 unspecified atom stereocenters. The van der Waals surface area contributed by atoms with Crippen LogP contribution in [-0.2, 0) is 4.79 Å². The molecule has 1 aromatic carbocycles. The minimum absolute atomic E-state index is 0.0937. The first-order valence-corrected chi connectivity index (χ1v) is 8.12. The number of benzene rings is 1. The fraction of sp³-hybridized carbons (Fsp3) is 0.611. The van der Waals surface area contributed by atoms with E-state index in [-0.39, 0.29) is 23.2 Å².